The maximum absolute atomic E-state index is 3.94. The summed E-state index contributed by atoms with van der Waals surface area (Å²) in [6, 6.07) is 0.574. The summed E-state index contributed by atoms with van der Waals surface area (Å²) < 4.78 is 0. The lowest BCUT2D eigenvalue weighted by Gasteiger charge is -2.39. The molecular formula is C7H13N. The van der Waals surface area contributed by atoms with Gasteiger partial charge in [-0.25, -0.2) is 0 Å². The normalized spacial score (nSPS) is 26.8. The minimum Gasteiger partial charge on any atom is -0.298 e. The van der Waals surface area contributed by atoms with Gasteiger partial charge in [-0.1, -0.05) is 13.8 Å². The van der Waals surface area contributed by atoms with Gasteiger partial charge in [-0.05, 0) is 25.0 Å². The fraction of sp³-hybridized carbons (Fsp3) is 0.857. The molecule has 46 valence electrons. The number of aliphatic imine (C=N–C) groups is 1. The summed E-state index contributed by atoms with van der Waals surface area (Å²) in [5, 5.41) is 0. The van der Waals surface area contributed by atoms with E-state index in [1.54, 1.807) is 0 Å². The SMILES string of the molecule is C=NC1CC(C)(C)C1. The van der Waals surface area contributed by atoms with E-state index in [1.165, 1.54) is 12.8 Å². The Hall–Kier alpha value is -0.330. The number of rotatable bonds is 1. The molecule has 0 radical (unpaired) electrons. The first-order chi connectivity index (χ1) is 3.64. The quantitative estimate of drug-likeness (QED) is 0.458. The molecule has 1 aliphatic carbocycles. The maximum Gasteiger partial charge on any atom is 0.0502 e. The first kappa shape index (κ1) is 5.80. The van der Waals surface area contributed by atoms with Crippen LogP contribution in [0.3, 0.4) is 0 Å². The van der Waals surface area contributed by atoms with E-state index in [9.17, 15) is 0 Å². The van der Waals surface area contributed by atoms with E-state index in [-0.39, 0.29) is 0 Å². The molecule has 1 aliphatic rings. The van der Waals surface area contributed by atoms with Gasteiger partial charge in [-0.3, -0.25) is 4.99 Å². The molecule has 0 bridgehead atoms. The van der Waals surface area contributed by atoms with E-state index < -0.39 is 0 Å². The van der Waals surface area contributed by atoms with Crippen LogP contribution in [-0.4, -0.2) is 12.8 Å². The Labute approximate surface area is 50.8 Å². The maximum atomic E-state index is 3.94. The van der Waals surface area contributed by atoms with Crippen molar-refractivity contribution in [2.75, 3.05) is 0 Å². The van der Waals surface area contributed by atoms with E-state index >= 15 is 0 Å². The van der Waals surface area contributed by atoms with Crippen molar-refractivity contribution < 1.29 is 0 Å². The Morgan fingerprint density at radius 3 is 2.12 bits per heavy atom. The van der Waals surface area contributed by atoms with Crippen LogP contribution in [0.5, 0.6) is 0 Å². The van der Waals surface area contributed by atoms with Crippen LogP contribution >= 0.6 is 0 Å². The molecule has 1 saturated carbocycles. The predicted molar refractivity (Wildman–Crippen MR) is 36.4 cm³/mol. The van der Waals surface area contributed by atoms with Crippen LogP contribution in [0.1, 0.15) is 26.7 Å². The third-order valence-electron chi connectivity index (χ3n) is 1.83. The lowest BCUT2D eigenvalue weighted by atomic mass is 9.69. The lowest BCUT2D eigenvalue weighted by Crippen LogP contribution is -2.34. The summed E-state index contributed by atoms with van der Waals surface area (Å²) in [7, 11) is 0. The molecule has 0 spiro atoms. The van der Waals surface area contributed by atoms with E-state index in [4.69, 9.17) is 0 Å². The van der Waals surface area contributed by atoms with Crippen LogP contribution in [0.15, 0.2) is 4.99 Å². The number of hydrogen-bond donors (Lipinski definition) is 0. The Bertz CT molecular complexity index is 97.0. The summed E-state index contributed by atoms with van der Waals surface area (Å²) in [5.74, 6) is 0. The van der Waals surface area contributed by atoms with Gasteiger partial charge in [-0.2, -0.15) is 0 Å². The molecule has 0 unspecified atom stereocenters. The standard InChI is InChI=1S/C7H13N/c1-7(2)4-6(5-7)8-3/h6H,3-5H2,1-2H3. The summed E-state index contributed by atoms with van der Waals surface area (Å²) >= 11 is 0. The van der Waals surface area contributed by atoms with Crippen molar-refractivity contribution in [3.8, 4) is 0 Å². The van der Waals surface area contributed by atoms with Gasteiger partial charge >= 0.3 is 0 Å². The highest BCUT2D eigenvalue weighted by atomic mass is 14.8. The van der Waals surface area contributed by atoms with E-state index in [1.807, 2.05) is 0 Å². The predicted octanol–water partition coefficient (Wildman–Crippen LogP) is 1.88. The zero-order valence-electron chi connectivity index (χ0n) is 5.65. The fourth-order valence-corrected chi connectivity index (χ4v) is 1.35. The van der Waals surface area contributed by atoms with Crippen LogP contribution in [0, 0.1) is 5.41 Å². The van der Waals surface area contributed by atoms with E-state index in [2.05, 4.69) is 25.6 Å². The average Bonchev–Trinajstić information content (AvgIpc) is 1.60. The third-order valence-corrected chi connectivity index (χ3v) is 1.83. The van der Waals surface area contributed by atoms with Crippen molar-refractivity contribution in [3.63, 3.8) is 0 Å². The zero-order chi connectivity index (χ0) is 6.20. The summed E-state index contributed by atoms with van der Waals surface area (Å²) in [4.78, 5) is 3.94. The smallest absolute Gasteiger partial charge is 0.0502 e. The van der Waals surface area contributed by atoms with Crippen LogP contribution in [0.4, 0.5) is 0 Å². The molecule has 1 heteroatoms. The first-order valence-electron chi connectivity index (χ1n) is 3.10. The molecule has 0 aromatic carbocycles. The molecule has 1 fully saturated rings. The molecule has 0 atom stereocenters. The second kappa shape index (κ2) is 1.57. The van der Waals surface area contributed by atoms with E-state index in [0.717, 1.165) is 0 Å². The van der Waals surface area contributed by atoms with Gasteiger partial charge in [0.2, 0.25) is 0 Å². The van der Waals surface area contributed by atoms with Crippen molar-refractivity contribution in [2.45, 2.75) is 32.7 Å². The molecule has 8 heavy (non-hydrogen) atoms. The van der Waals surface area contributed by atoms with Crippen LogP contribution in [-0.2, 0) is 0 Å². The van der Waals surface area contributed by atoms with Crippen LogP contribution < -0.4 is 0 Å². The largest absolute Gasteiger partial charge is 0.298 e. The second-order valence-electron chi connectivity index (χ2n) is 3.41. The monoisotopic (exact) mass is 111 g/mol. The van der Waals surface area contributed by atoms with Crippen molar-refractivity contribution in [1.29, 1.82) is 0 Å². The highest BCUT2D eigenvalue weighted by molar-refractivity contribution is 5.25. The molecule has 1 rings (SSSR count). The van der Waals surface area contributed by atoms with Crippen LogP contribution in [0.25, 0.3) is 0 Å². The fourth-order valence-electron chi connectivity index (χ4n) is 1.35. The van der Waals surface area contributed by atoms with Gasteiger partial charge in [0, 0.05) is 0 Å². The Morgan fingerprint density at radius 1 is 1.50 bits per heavy atom. The molecule has 0 aliphatic heterocycles. The molecule has 0 heterocycles. The van der Waals surface area contributed by atoms with Crippen molar-refractivity contribution >= 4 is 6.72 Å². The lowest BCUT2D eigenvalue weighted by molar-refractivity contribution is 0.157. The molecule has 0 aromatic heterocycles. The van der Waals surface area contributed by atoms with Crippen molar-refractivity contribution in [1.82, 2.24) is 0 Å². The first-order valence-corrected chi connectivity index (χ1v) is 3.10. The summed E-state index contributed by atoms with van der Waals surface area (Å²) in [6.07, 6.45) is 2.47. The van der Waals surface area contributed by atoms with Gasteiger partial charge in [0.15, 0.2) is 0 Å². The second-order valence-corrected chi connectivity index (χ2v) is 3.41. The van der Waals surface area contributed by atoms with Gasteiger partial charge in [0.25, 0.3) is 0 Å². The van der Waals surface area contributed by atoms with Crippen LogP contribution in [0.2, 0.25) is 0 Å². The number of nitrogens with zero attached hydrogens (tertiary/aromatic N) is 1. The molecule has 0 amide bonds. The molecule has 1 nitrogen and oxygen atoms in total. The zero-order valence-corrected chi connectivity index (χ0v) is 5.65. The molecular weight excluding hydrogens is 98.1 g/mol. The molecule has 0 N–H and O–H groups in total. The van der Waals surface area contributed by atoms with Gasteiger partial charge in [0.1, 0.15) is 0 Å². The summed E-state index contributed by atoms with van der Waals surface area (Å²) in [5.41, 5.74) is 0.561. The number of hydrogen-bond acceptors (Lipinski definition) is 1. The molecule has 0 saturated heterocycles. The van der Waals surface area contributed by atoms with Gasteiger partial charge in [0.05, 0.1) is 6.04 Å². The minimum absolute atomic E-state index is 0.561. The van der Waals surface area contributed by atoms with Crippen molar-refractivity contribution in [2.24, 2.45) is 10.4 Å². The summed E-state index contributed by atoms with van der Waals surface area (Å²) in [6.45, 7) is 8.04. The third kappa shape index (κ3) is 0.908. The topological polar surface area (TPSA) is 12.4 Å². The van der Waals surface area contributed by atoms with Gasteiger partial charge < -0.3 is 0 Å². The molecule has 0 aromatic rings. The average molecular weight is 111 g/mol. The Balaban J connectivity index is 2.31. The minimum atomic E-state index is 0.561. The highest BCUT2D eigenvalue weighted by Gasteiger charge is 2.34. The van der Waals surface area contributed by atoms with E-state index in [0.29, 0.717) is 11.5 Å². The Morgan fingerprint density at radius 2 is 2.00 bits per heavy atom. The van der Waals surface area contributed by atoms with Gasteiger partial charge in [-0.15, -0.1) is 0 Å². The highest BCUT2D eigenvalue weighted by Crippen LogP contribution is 2.41. The van der Waals surface area contributed by atoms with Crippen molar-refractivity contribution in [3.05, 3.63) is 0 Å². The Kier molecular flexibility index (Phi) is 1.14.